The molecule has 94 valence electrons. The van der Waals surface area contributed by atoms with Gasteiger partial charge in [0, 0.05) is 0 Å². The molecule has 0 atom stereocenters. The number of Topliss-reactive ketones (excluding diaryl/α,β-unsaturated/α-hetero) is 1. The number of rotatable bonds is 2. The minimum absolute atomic E-state index is 0.00383. The lowest BCUT2D eigenvalue weighted by molar-refractivity contribution is -0.109. The predicted octanol–water partition coefficient (Wildman–Crippen LogP) is 4.16. The molecular weight excluding hydrogens is 324 g/mol. The zero-order chi connectivity index (χ0) is 13.4. The second-order valence-corrected chi connectivity index (χ2v) is 10.1. The Morgan fingerprint density at radius 2 is 1.41 bits per heavy atom. The average Bonchev–Trinajstić information content (AvgIpc) is 2.22. The van der Waals surface area contributed by atoms with Crippen LogP contribution in [0.2, 0.25) is 19.6 Å². The summed E-state index contributed by atoms with van der Waals surface area (Å²) in [6.07, 6.45) is 0. The van der Waals surface area contributed by atoms with E-state index in [0.717, 1.165) is 0 Å². The SMILES string of the molecule is C[Si](C)(C)ON=C1C(=O)C(Cl)=C(Cl)C(Cl)=C1Cl. The summed E-state index contributed by atoms with van der Waals surface area (Å²) in [5, 5.41) is 3.39. The molecule has 0 heterocycles. The molecule has 0 aromatic rings. The number of allylic oxidation sites excluding steroid dienone is 4. The zero-order valence-corrected chi connectivity index (χ0v) is 13.3. The number of oxime groups is 1. The van der Waals surface area contributed by atoms with Gasteiger partial charge in [-0.3, -0.25) is 4.79 Å². The monoisotopic (exact) mass is 331 g/mol. The van der Waals surface area contributed by atoms with Gasteiger partial charge in [-0.1, -0.05) is 51.6 Å². The van der Waals surface area contributed by atoms with Gasteiger partial charge in [-0.15, -0.1) is 0 Å². The summed E-state index contributed by atoms with van der Waals surface area (Å²) >= 11 is 23.1. The van der Waals surface area contributed by atoms with Crippen LogP contribution in [0.15, 0.2) is 25.3 Å². The molecule has 1 aliphatic carbocycles. The molecule has 0 unspecified atom stereocenters. The predicted molar refractivity (Wildman–Crippen MR) is 74.3 cm³/mol. The molecule has 0 aliphatic heterocycles. The summed E-state index contributed by atoms with van der Waals surface area (Å²) in [5.41, 5.74) is -0.117. The molecular formula is C9H9Cl4NO2Si. The first-order chi connectivity index (χ1) is 7.65. The number of hydrogen-bond donors (Lipinski definition) is 0. The van der Waals surface area contributed by atoms with E-state index in [1.807, 2.05) is 19.6 Å². The van der Waals surface area contributed by atoms with E-state index in [-0.39, 0.29) is 25.8 Å². The summed E-state index contributed by atoms with van der Waals surface area (Å²) < 4.78 is 5.25. The Balaban J connectivity index is 3.17. The lowest BCUT2D eigenvalue weighted by atomic mass is 10.1. The molecule has 1 rings (SSSR count). The molecule has 0 aromatic carbocycles. The number of carbonyl (C=O) groups excluding carboxylic acids is 1. The van der Waals surface area contributed by atoms with Crippen LogP contribution in [0.1, 0.15) is 0 Å². The van der Waals surface area contributed by atoms with Gasteiger partial charge in [0.15, 0.2) is 5.71 Å². The highest BCUT2D eigenvalue weighted by molar-refractivity contribution is 6.74. The Labute approximate surface area is 120 Å². The van der Waals surface area contributed by atoms with Crippen LogP contribution >= 0.6 is 46.4 Å². The first-order valence-corrected chi connectivity index (χ1v) is 9.49. The summed E-state index contributed by atoms with van der Waals surface area (Å²) in [6.45, 7) is 5.73. The lowest BCUT2D eigenvalue weighted by Crippen LogP contribution is -2.26. The van der Waals surface area contributed by atoms with Gasteiger partial charge >= 0.3 is 0 Å². The van der Waals surface area contributed by atoms with Crippen molar-refractivity contribution in [1.29, 1.82) is 0 Å². The van der Waals surface area contributed by atoms with Crippen LogP contribution in [0.25, 0.3) is 0 Å². The van der Waals surface area contributed by atoms with Crippen molar-refractivity contribution in [3.8, 4) is 0 Å². The fraction of sp³-hybridized carbons (Fsp3) is 0.333. The zero-order valence-electron chi connectivity index (χ0n) is 9.28. The van der Waals surface area contributed by atoms with Gasteiger partial charge in [-0.2, -0.15) is 0 Å². The fourth-order valence-electron chi connectivity index (χ4n) is 0.864. The van der Waals surface area contributed by atoms with E-state index in [1.165, 1.54) is 0 Å². The molecule has 3 nitrogen and oxygen atoms in total. The van der Waals surface area contributed by atoms with Crippen molar-refractivity contribution in [1.82, 2.24) is 0 Å². The van der Waals surface area contributed by atoms with Crippen LogP contribution in [0, 0.1) is 0 Å². The van der Waals surface area contributed by atoms with E-state index in [2.05, 4.69) is 5.16 Å². The summed E-state index contributed by atoms with van der Waals surface area (Å²) in [6, 6.07) is 0. The third-order valence-electron chi connectivity index (χ3n) is 1.61. The van der Waals surface area contributed by atoms with E-state index >= 15 is 0 Å². The van der Waals surface area contributed by atoms with Crippen molar-refractivity contribution in [2.24, 2.45) is 5.16 Å². The first kappa shape index (κ1) is 15.1. The normalized spacial score (nSPS) is 20.4. The first-order valence-electron chi connectivity index (χ1n) is 4.57. The molecule has 0 radical (unpaired) electrons. The molecule has 0 N–H and O–H groups in total. The van der Waals surface area contributed by atoms with Crippen LogP contribution in [0.3, 0.4) is 0 Å². The van der Waals surface area contributed by atoms with E-state index in [9.17, 15) is 4.79 Å². The molecule has 1 aliphatic rings. The third-order valence-corrected chi connectivity index (χ3v) is 4.02. The van der Waals surface area contributed by atoms with E-state index < -0.39 is 14.1 Å². The largest absolute Gasteiger partial charge is 0.455 e. The molecule has 0 aromatic heterocycles. The molecule has 0 spiro atoms. The number of nitrogens with zero attached hydrogens (tertiary/aromatic N) is 1. The van der Waals surface area contributed by atoms with Crippen molar-refractivity contribution in [3.63, 3.8) is 0 Å². The second-order valence-electron chi connectivity index (χ2n) is 4.23. The molecule has 8 heteroatoms. The van der Waals surface area contributed by atoms with Gasteiger partial charge in [-0.05, 0) is 19.6 Å². The van der Waals surface area contributed by atoms with Crippen LogP contribution in [-0.2, 0) is 9.32 Å². The van der Waals surface area contributed by atoms with Gasteiger partial charge in [0.1, 0.15) is 5.03 Å². The summed E-state index contributed by atoms with van der Waals surface area (Å²) in [7, 11) is -1.92. The van der Waals surface area contributed by atoms with E-state index in [1.54, 1.807) is 0 Å². The second kappa shape index (κ2) is 5.32. The molecule has 0 saturated heterocycles. The van der Waals surface area contributed by atoms with Crippen LogP contribution in [0.5, 0.6) is 0 Å². The quantitative estimate of drug-likeness (QED) is 0.432. The average molecular weight is 333 g/mol. The Bertz CT molecular complexity index is 462. The van der Waals surface area contributed by atoms with Gasteiger partial charge < -0.3 is 4.53 Å². The van der Waals surface area contributed by atoms with Crippen molar-refractivity contribution in [3.05, 3.63) is 20.1 Å². The van der Waals surface area contributed by atoms with E-state index in [4.69, 9.17) is 50.9 Å². The van der Waals surface area contributed by atoms with Crippen molar-refractivity contribution in [2.75, 3.05) is 0 Å². The number of ketones is 1. The Morgan fingerprint density at radius 1 is 0.941 bits per heavy atom. The number of carbonyl (C=O) groups is 1. The number of hydrogen-bond acceptors (Lipinski definition) is 3. The van der Waals surface area contributed by atoms with Gasteiger partial charge in [0.05, 0.1) is 15.1 Å². The smallest absolute Gasteiger partial charge is 0.278 e. The van der Waals surface area contributed by atoms with Gasteiger partial charge in [0.25, 0.3) is 8.32 Å². The minimum Gasteiger partial charge on any atom is -0.455 e. The maximum Gasteiger partial charge on any atom is 0.278 e. The van der Waals surface area contributed by atoms with Gasteiger partial charge in [-0.25, -0.2) is 0 Å². The Hall–Kier alpha value is -0.00312. The fourth-order valence-corrected chi connectivity index (χ4v) is 2.09. The maximum absolute atomic E-state index is 11.8. The summed E-state index contributed by atoms with van der Waals surface area (Å²) in [4.78, 5) is 11.8. The number of halogens is 4. The Morgan fingerprint density at radius 3 is 1.88 bits per heavy atom. The van der Waals surface area contributed by atoms with E-state index in [0.29, 0.717) is 0 Å². The Kier molecular flexibility index (Phi) is 4.71. The van der Waals surface area contributed by atoms with Gasteiger partial charge in [0.2, 0.25) is 5.78 Å². The van der Waals surface area contributed by atoms with Crippen molar-refractivity contribution in [2.45, 2.75) is 19.6 Å². The maximum atomic E-state index is 11.8. The molecule has 0 amide bonds. The lowest BCUT2D eigenvalue weighted by Gasteiger charge is -2.17. The highest BCUT2D eigenvalue weighted by atomic mass is 35.5. The molecule has 17 heavy (non-hydrogen) atoms. The van der Waals surface area contributed by atoms with Crippen molar-refractivity contribution >= 4 is 66.2 Å². The highest BCUT2D eigenvalue weighted by Gasteiger charge is 2.31. The van der Waals surface area contributed by atoms with Crippen LogP contribution < -0.4 is 0 Å². The highest BCUT2D eigenvalue weighted by Crippen LogP contribution is 2.35. The van der Waals surface area contributed by atoms with Crippen molar-refractivity contribution < 1.29 is 9.32 Å². The standard InChI is InChI=1S/C9H9Cl4NO2Si/c1-17(2,3)16-14-8-6(12)4(10)5(11)7(13)9(8)15/h1-3H3. The minimum atomic E-state index is -1.92. The molecule has 0 saturated carbocycles. The topological polar surface area (TPSA) is 38.7 Å². The van der Waals surface area contributed by atoms with Crippen LogP contribution in [0.4, 0.5) is 0 Å². The third kappa shape index (κ3) is 3.48. The van der Waals surface area contributed by atoms with Crippen LogP contribution in [-0.4, -0.2) is 19.8 Å². The molecule has 0 bridgehead atoms. The molecule has 0 fully saturated rings. The summed E-state index contributed by atoms with van der Waals surface area (Å²) in [5.74, 6) is -0.593.